The molecular formula is C8H6ClNO. The lowest BCUT2D eigenvalue weighted by molar-refractivity contribution is 0.355. The molecule has 0 spiro atoms. The molecule has 0 fully saturated rings. The van der Waals surface area contributed by atoms with Crippen LogP contribution < -0.4 is 4.74 Å². The summed E-state index contributed by atoms with van der Waals surface area (Å²) in [6.45, 7) is 0.216. The van der Waals surface area contributed by atoms with Gasteiger partial charge >= 0.3 is 0 Å². The van der Waals surface area contributed by atoms with Gasteiger partial charge in [-0.3, -0.25) is 0 Å². The molecule has 2 nitrogen and oxygen atoms in total. The molecule has 1 rings (SSSR count). The second-order valence-electron chi connectivity index (χ2n) is 1.79. The average Bonchev–Trinajstić information content (AvgIpc) is 2.01. The van der Waals surface area contributed by atoms with Gasteiger partial charge in [0.2, 0.25) is 5.88 Å². The molecule has 0 bridgehead atoms. The molecule has 0 N–H and O–H groups in total. The standard InChI is InChI=1S/C8H6ClNO/c1-2-6-11-8-5-3-4-7(9)10-8/h1,3-5H,6H2. The summed E-state index contributed by atoms with van der Waals surface area (Å²) in [5, 5.41) is 0.402. The number of terminal acetylenes is 1. The van der Waals surface area contributed by atoms with E-state index in [2.05, 4.69) is 10.9 Å². The zero-order valence-electron chi connectivity index (χ0n) is 5.75. The van der Waals surface area contributed by atoms with E-state index in [1.54, 1.807) is 18.2 Å². The minimum atomic E-state index is 0.216. The van der Waals surface area contributed by atoms with E-state index < -0.39 is 0 Å². The lowest BCUT2D eigenvalue weighted by Gasteiger charge is -1.99. The van der Waals surface area contributed by atoms with Crippen LogP contribution in [0.15, 0.2) is 18.2 Å². The van der Waals surface area contributed by atoms with Gasteiger partial charge in [0, 0.05) is 6.07 Å². The minimum absolute atomic E-state index is 0.216. The Morgan fingerprint density at radius 1 is 1.64 bits per heavy atom. The molecule has 0 aliphatic heterocycles. The number of aromatic nitrogens is 1. The van der Waals surface area contributed by atoms with E-state index in [0.717, 1.165) is 0 Å². The van der Waals surface area contributed by atoms with Crippen molar-refractivity contribution in [2.24, 2.45) is 0 Å². The van der Waals surface area contributed by atoms with Gasteiger partial charge in [-0.1, -0.05) is 23.6 Å². The first-order valence-corrected chi connectivity index (χ1v) is 3.39. The molecule has 56 valence electrons. The van der Waals surface area contributed by atoms with Crippen LogP contribution in [0.2, 0.25) is 5.15 Å². The fourth-order valence-corrected chi connectivity index (χ4v) is 0.742. The van der Waals surface area contributed by atoms with E-state index in [0.29, 0.717) is 11.0 Å². The molecule has 0 amide bonds. The summed E-state index contributed by atoms with van der Waals surface area (Å²) in [4.78, 5) is 3.86. The summed E-state index contributed by atoms with van der Waals surface area (Å²) >= 11 is 5.58. The molecule has 0 radical (unpaired) electrons. The van der Waals surface area contributed by atoms with Gasteiger partial charge in [-0.2, -0.15) is 0 Å². The maximum atomic E-state index is 5.58. The molecule has 0 aliphatic rings. The van der Waals surface area contributed by atoms with Crippen molar-refractivity contribution in [1.29, 1.82) is 0 Å². The molecule has 1 aromatic rings. The number of nitrogens with zero attached hydrogens (tertiary/aromatic N) is 1. The topological polar surface area (TPSA) is 22.1 Å². The maximum Gasteiger partial charge on any atom is 0.215 e. The quantitative estimate of drug-likeness (QED) is 0.495. The van der Waals surface area contributed by atoms with Crippen molar-refractivity contribution in [3.8, 4) is 18.2 Å². The highest BCUT2D eigenvalue weighted by atomic mass is 35.5. The SMILES string of the molecule is C#CCOc1cccc(Cl)n1. The summed E-state index contributed by atoms with van der Waals surface area (Å²) in [5.41, 5.74) is 0. The van der Waals surface area contributed by atoms with Crippen molar-refractivity contribution in [2.75, 3.05) is 6.61 Å². The highest BCUT2D eigenvalue weighted by Gasteiger charge is 1.93. The molecule has 0 atom stereocenters. The molecule has 3 heteroatoms. The lowest BCUT2D eigenvalue weighted by Crippen LogP contribution is -1.95. The average molecular weight is 168 g/mol. The summed E-state index contributed by atoms with van der Waals surface area (Å²) in [6.07, 6.45) is 4.98. The van der Waals surface area contributed by atoms with Crippen LogP contribution in [-0.2, 0) is 0 Å². The van der Waals surface area contributed by atoms with Crippen LogP contribution in [-0.4, -0.2) is 11.6 Å². The van der Waals surface area contributed by atoms with E-state index in [4.69, 9.17) is 22.8 Å². The van der Waals surface area contributed by atoms with Crippen LogP contribution in [0.1, 0.15) is 0 Å². The number of ether oxygens (including phenoxy) is 1. The Labute approximate surface area is 70.2 Å². The Hall–Kier alpha value is -1.20. The zero-order valence-corrected chi connectivity index (χ0v) is 6.51. The predicted molar refractivity (Wildman–Crippen MR) is 43.6 cm³/mol. The minimum Gasteiger partial charge on any atom is -0.464 e. The van der Waals surface area contributed by atoms with E-state index in [9.17, 15) is 0 Å². The predicted octanol–water partition coefficient (Wildman–Crippen LogP) is 1.75. The van der Waals surface area contributed by atoms with E-state index in [-0.39, 0.29) is 6.61 Å². The van der Waals surface area contributed by atoms with Gasteiger partial charge in [0.1, 0.15) is 5.15 Å². The van der Waals surface area contributed by atoms with Crippen LogP contribution >= 0.6 is 11.6 Å². The van der Waals surface area contributed by atoms with Crippen LogP contribution in [0.4, 0.5) is 0 Å². The van der Waals surface area contributed by atoms with Crippen molar-refractivity contribution in [3.05, 3.63) is 23.4 Å². The third kappa shape index (κ3) is 2.48. The van der Waals surface area contributed by atoms with Crippen molar-refractivity contribution < 1.29 is 4.74 Å². The Morgan fingerprint density at radius 2 is 2.45 bits per heavy atom. The Bertz CT molecular complexity index is 280. The Balaban J connectivity index is 2.65. The molecule has 0 unspecified atom stereocenters. The van der Waals surface area contributed by atoms with Crippen LogP contribution in [0.25, 0.3) is 0 Å². The fourth-order valence-electron chi connectivity index (χ4n) is 0.586. The van der Waals surface area contributed by atoms with Gasteiger partial charge in [-0.05, 0) is 6.07 Å². The summed E-state index contributed by atoms with van der Waals surface area (Å²) < 4.78 is 5.00. The number of halogens is 1. The van der Waals surface area contributed by atoms with Crippen LogP contribution in [0.3, 0.4) is 0 Å². The van der Waals surface area contributed by atoms with Gasteiger partial charge in [-0.15, -0.1) is 6.42 Å². The molecule has 1 heterocycles. The second-order valence-corrected chi connectivity index (χ2v) is 2.18. The molecule has 0 saturated carbocycles. The highest BCUT2D eigenvalue weighted by molar-refractivity contribution is 6.29. The van der Waals surface area contributed by atoms with Gasteiger partial charge in [0.15, 0.2) is 6.61 Å². The molecule has 0 aromatic carbocycles. The monoisotopic (exact) mass is 167 g/mol. The van der Waals surface area contributed by atoms with Crippen molar-refractivity contribution in [1.82, 2.24) is 4.98 Å². The summed E-state index contributed by atoms with van der Waals surface area (Å²) in [7, 11) is 0. The van der Waals surface area contributed by atoms with E-state index in [1.165, 1.54) is 0 Å². The first-order valence-electron chi connectivity index (χ1n) is 3.02. The van der Waals surface area contributed by atoms with Gasteiger partial charge in [-0.25, -0.2) is 4.98 Å². The zero-order chi connectivity index (χ0) is 8.10. The summed E-state index contributed by atoms with van der Waals surface area (Å²) in [6, 6.07) is 5.12. The van der Waals surface area contributed by atoms with E-state index >= 15 is 0 Å². The van der Waals surface area contributed by atoms with Crippen molar-refractivity contribution in [2.45, 2.75) is 0 Å². The highest BCUT2D eigenvalue weighted by Crippen LogP contribution is 2.10. The maximum absolute atomic E-state index is 5.58. The molecular weight excluding hydrogens is 162 g/mol. The number of pyridine rings is 1. The number of rotatable bonds is 2. The van der Waals surface area contributed by atoms with E-state index in [1.807, 2.05) is 0 Å². The molecule has 11 heavy (non-hydrogen) atoms. The molecule has 0 aliphatic carbocycles. The number of hydrogen-bond acceptors (Lipinski definition) is 2. The Kier molecular flexibility index (Phi) is 2.76. The van der Waals surface area contributed by atoms with Gasteiger partial charge in [0.05, 0.1) is 0 Å². The smallest absolute Gasteiger partial charge is 0.215 e. The molecule has 0 saturated heterocycles. The van der Waals surface area contributed by atoms with Gasteiger partial charge in [0.25, 0.3) is 0 Å². The second kappa shape index (κ2) is 3.85. The third-order valence-corrected chi connectivity index (χ3v) is 1.20. The largest absolute Gasteiger partial charge is 0.464 e. The summed E-state index contributed by atoms with van der Waals surface area (Å²) in [5.74, 6) is 2.78. The van der Waals surface area contributed by atoms with Crippen LogP contribution in [0.5, 0.6) is 5.88 Å². The first kappa shape index (κ1) is 7.90. The Morgan fingerprint density at radius 3 is 3.09 bits per heavy atom. The van der Waals surface area contributed by atoms with Gasteiger partial charge < -0.3 is 4.74 Å². The normalized spacial score (nSPS) is 8.73. The molecule has 1 aromatic heterocycles. The van der Waals surface area contributed by atoms with Crippen molar-refractivity contribution in [3.63, 3.8) is 0 Å². The number of hydrogen-bond donors (Lipinski definition) is 0. The first-order chi connectivity index (χ1) is 5.33. The van der Waals surface area contributed by atoms with Crippen molar-refractivity contribution >= 4 is 11.6 Å². The third-order valence-electron chi connectivity index (χ3n) is 0.993. The van der Waals surface area contributed by atoms with Crippen LogP contribution in [0, 0.1) is 12.3 Å². The lowest BCUT2D eigenvalue weighted by atomic mass is 10.5. The fraction of sp³-hybridized carbons (Fsp3) is 0.125.